The number of unbranched alkanes of at least 4 members (excludes halogenated alkanes) is 16. The molecule has 4 N–H and O–H groups in total. The molecule has 0 aromatic rings. The summed E-state index contributed by atoms with van der Waals surface area (Å²) in [7, 11) is -5.07. The number of allylic oxidation sites excluding steroid dienone is 12. The van der Waals surface area contributed by atoms with Gasteiger partial charge in [-0.3, -0.25) is 9.35 Å². The highest BCUT2D eigenvalue weighted by atomic mass is 32.3. The number of ether oxygens (including phenoxy) is 4. The van der Waals surface area contributed by atoms with E-state index in [-0.39, 0.29) is 19.6 Å². The highest BCUT2D eigenvalue weighted by Gasteiger charge is 2.48. The lowest BCUT2D eigenvalue weighted by atomic mass is 9.99. The number of hydrogen-bond acceptors (Lipinski definition) is 11. The smallest absolute Gasteiger partial charge is 0.397 e. The maximum atomic E-state index is 12.9. The zero-order valence-electron chi connectivity index (χ0n) is 38.9. The second-order valence-electron chi connectivity index (χ2n) is 16.3. The van der Waals surface area contributed by atoms with Crippen LogP contribution in [-0.4, -0.2) is 97.5 Å². The van der Waals surface area contributed by atoms with Crippen LogP contribution in [0.1, 0.15) is 174 Å². The van der Waals surface area contributed by atoms with E-state index < -0.39 is 59.8 Å². The molecular weight excluding hydrogens is 825 g/mol. The fourth-order valence-electron chi connectivity index (χ4n) is 6.97. The van der Waals surface area contributed by atoms with Crippen LogP contribution in [-0.2, 0) is 38.3 Å². The number of rotatable bonds is 41. The minimum absolute atomic E-state index is 0.0114. The predicted molar refractivity (Wildman–Crippen MR) is 252 cm³/mol. The van der Waals surface area contributed by atoms with Crippen molar-refractivity contribution in [1.82, 2.24) is 0 Å². The molecule has 1 rings (SSSR count). The van der Waals surface area contributed by atoms with Crippen LogP contribution >= 0.6 is 0 Å². The molecule has 1 aliphatic rings. The van der Waals surface area contributed by atoms with Crippen molar-refractivity contribution in [3.05, 3.63) is 72.9 Å². The maximum absolute atomic E-state index is 12.9. The van der Waals surface area contributed by atoms with Crippen LogP contribution in [0.25, 0.3) is 0 Å². The molecule has 1 fully saturated rings. The maximum Gasteiger partial charge on any atom is 0.397 e. The van der Waals surface area contributed by atoms with Crippen molar-refractivity contribution >= 4 is 16.4 Å². The van der Waals surface area contributed by atoms with E-state index in [1.165, 1.54) is 64.2 Å². The Balaban J connectivity index is 2.42. The molecular formula is C50H86O12S. The summed E-state index contributed by atoms with van der Waals surface area (Å²) >= 11 is 0. The van der Waals surface area contributed by atoms with E-state index in [1.54, 1.807) is 0 Å². The monoisotopic (exact) mass is 911 g/mol. The van der Waals surface area contributed by atoms with Gasteiger partial charge >= 0.3 is 16.4 Å². The van der Waals surface area contributed by atoms with Gasteiger partial charge in [0.1, 0.15) is 30.5 Å². The lowest BCUT2D eigenvalue weighted by Gasteiger charge is -2.41. The van der Waals surface area contributed by atoms with Crippen LogP contribution in [0.5, 0.6) is 0 Å². The van der Waals surface area contributed by atoms with Gasteiger partial charge in [-0.1, -0.05) is 177 Å². The van der Waals surface area contributed by atoms with Crippen molar-refractivity contribution in [3.63, 3.8) is 0 Å². The fourth-order valence-corrected chi connectivity index (χ4v) is 7.48. The van der Waals surface area contributed by atoms with Gasteiger partial charge in [0.15, 0.2) is 6.29 Å². The van der Waals surface area contributed by atoms with Crippen molar-refractivity contribution in [2.75, 3.05) is 26.4 Å². The molecule has 0 amide bonds. The first-order valence-electron chi connectivity index (χ1n) is 24.2. The molecule has 0 radical (unpaired) electrons. The Morgan fingerprint density at radius 3 is 1.59 bits per heavy atom. The van der Waals surface area contributed by atoms with Crippen molar-refractivity contribution in [2.24, 2.45) is 0 Å². The summed E-state index contributed by atoms with van der Waals surface area (Å²) < 4.78 is 59.1. The summed E-state index contributed by atoms with van der Waals surface area (Å²) in [5.74, 6) is -0.413. The lowest BCUT2D eigenvalue weighted by Crippen LogP contribution is -2.60. The molecule has 6 atom stereocenters. The second kappa shape index (κ2) is 41.0. The molecule has 0 aliphatic carbocycles. The van der Waals surface area contributed by atoms with Crippen LogP contribution in [0.2, 0.25) is 0 Å². The summed E-state index contributed by atoms with van der Waals surface area (Å²) in [5, 5.41) is 30.7. The van der Waals surface area contributed by atoms with Gasteiger partial charge in [-0.25, -0.2) is 4.18 Å². The highest BCUT2D eigenvalue weighted by molar-refractivity contribution is 7.80. The molecule has 0 saturated carbocycles. The van der Waals surface area contributed by atoms with E-state index in [0.717, 1.165) is 83.5 Å². The number of aliphatic hydroxyl groups is 3. The van der Waals surface area contributed by atoms with Gasteiger partial charge in [-0.05, 0) is 64.2 Å². The Labute approximate surface area is 381 Å². The van der Waals surface area contributed by atoms with Crippen LogP contribution in [0.4, 0.5) is 0 Å². The van der Waals surface area contributed by atoms with Crippen LogP contribution in [0, 0.1) is 0 Å². The molecule has 1 heterocycles. The second-order valence-corrected chi connectivity index (χ2v) is 17.4. The first-order chi connectivity index (χ1) is 30.6. The zero-order valence-corrected chi connectivity index (χ0v) is 39.7. The molecule has 364 valence electrons. The van der Waals surface area contributed by atoms with E-state index >= 15 is 0 Å². The van der Waals surface area contributed by atoms with E-state index in [0.29, 0.717) is 13.0 Å². The minimum atomic E-state index is -5.07. The van der Waals surface area contributed by atoms with Gasteiger partial charge in [-0.2, -0.15) is 8.42 Å². The number of aliphatic hydroxyl groups excluding tert-OH is 3. The molecule has 1 aliphatic heterocycles. The minimum Gasteiger partial charge on any atom is -0.457 e. The number of carbonyl (C=O) groups excluding carboxylic acids is 1. The Bertz CT molecular complexity index is 1370. The van der Waals surface area contributed by atoms with Crippen molar-refractivity contribution in [2.45, 2.75) is 211 Å². The molecule has 6 unspecified atom stereocenters. The third-order valence-electron chi connectivity index (χ3n) is 10.6. The largest absolute Gasteiger partial charge is 0.457 e. The number of hydrogen-bond donors (Lipinski definition) is 4. The molecule has 0 aromatic carbocycles. The topological polar surface area (TPSA) is 178 Å². The van der Waals surface area contributed by atoms with E-state index in [4.69, 9.17) is 18.9 Å². The molecule has 0 aromatic heterocycles. The SMILES string of the molecule is CC/C=C\C/C=C\C/C=C\C/C=C\C/C=C\C/C=C\CCCCCOCC(COC1OC(CO)C(O)C(OS(=O)(=O)O)C1O)OC(=O)CCCCCCCCCCCCCCCC. The van der Waals surface area contributed by atoms with Crippen LogP contribution < -0.4 is 0 Å². The van der Waals surface area contributed by atoms with Crippen molar-refractivity contribution < 1.29 is 56.2 Å². The number of esters is 1. The molecule has 12 nitrogen and oxygen atoms in total. The van der Waals surface area contributed by atoms with Gasteiger partial charge in [0, 0.05) is 13.0 Å². The Kier molecular flexibility index (Phi) is 38.1. The van der Waals surface area contributed by atoms with Gasteiger partial charge < -0.3 is 34.3 Å². The summed E-state index contributed by atoms with van der Waals surface area (Å²) in [6, 6.07) is 0. The average Bonchev–Trinajstić information content (AvgIpc) is 3.26. The molecule has 1 saturated heterocycles. The quantitative estimate of drug-likeness (QED) is 0.0198. The lowest BCUT2D eigenvalue weighted by molar-refractivity contribution is -0.301. The van der Waals surface area contributed by atoms with Crippen molar-refractivity contribution in [1.29, 1.82) is 0 Å². The fraction of sp³-hybridized carbons (Fsp3) is 0.740. The summed E-state index contributed by atoms with van der Waals surface area (Å²) in [5.41, 5.74) is 0. The third-order valence-corrected chi connectivity index (χ3v) is 11.1. The first kappa shape index (κ1) is 58.6. The van der Waals surface area contributed by atoms with Gasteiger partial charge in [0.25, 0.3) is 0 Å². The highest BCUT2D eigenvalue weighted by Crippen LogP contribution is 2.26. The first-order valence-corrected chi connectivity index (χ1v) is 25.6. The molecule has 63 heavy (non-hydrogen) atoms. The summed E-state index contributed by atoms with van der Waals surface area (Å²) in [6.45, 7) is 3.79. The summed E-state index contributed by atoms with van der Waals surface area (Å²) in [6.07, 6.45) is 43.6. The normalized spacial score (nSPS) is 20.5. The van der Waals surface area contributed by atoms with Gasteiger partial charge in [0.05, 0.1) is 19.8 Å². The standard InChI is InChI=1S/C50H86O12S/c1-3-5-7-9-11-13-15-17-19-20-21-22-23-24-25-26-28-30-32-34-36-38-40-58-42-44(43-59-50-48(54)49(62-63(55,56)57)47(53)45(41-51)61-50)60-46(52)39-37-35-33-31-29-27-18-16-14-12-10-8-6-4-2/h5,7,11,13,17,19,21-22,24-25,28,30,44-45,47-51,53-54H,3-4,6,8-10,12,14-16,18,20,23,26-27,29,31-43H2,1-2H3,(H,55,56,57)/b7-5-,13-11-,19-17-,22-21-,25-24-,30-28-. The van der Waals surface area contributed by atoms with Crippen LogP contribution in [0.15, 0.2) is 72.9 Å². The molecule has 13 heteroatoms. The van der Waals surface area contributed by atoms with Crippen LogP contribution in [0.3, 0.4) is 0 Å². The number of carbonyl (C=O) groups is 1. The molecule has 0 spiro atoms. The zero-order chi connectivity index (χ0) is 46.1. The Morgan fingerprint density at radius 2 is 1.10 bits per heavy atom. The Hall–Kier alpha value is -2.46. The summed E-state index contributed by atoms with van der Waals surface area (Å²) in [4.78, 5) is 12.9. The van der Waals surface area contributed by atoms with Gasteiger partial charge in [0.2, 0.25) is 0 Å². The van der Waals surface area contributed by atoms with E-state index in [2.05, 4.69) is 90.9 Å². The van der Waals surface area contributed by atoms with E-state index in [9.17, 15) is 33.1 Å². The molecule has 0 bridgehead atoms. The van der Waals surface area contributed by atoms with E-state index in [1.807, 2.05) is 0 Å². The third kappa shape index (κ3) is 34.5. The Morgan fingerprint density at radius 1 is 0.619 bits per heavy atom. The van der Waals surface area contributed by atoms with Crippen molar-refractivity contribution in [3.8, 4) is 0 Å². The van der Waals surface area contributed by atoms with Gasteiger partial charge in [-0.15, -0.1) is 0 Å². The predicted octanol–water partition coefficient (Wildman–Crippen LogP) is 10.7. The average molecular weight is 911 g/mol.